The van der Waals surface area contributed by atoms with Crippen LogP contribution < -0.4 is 0 Å². The minimum Gasteiger partial charge on any atom is -0.300 e. The van der Waals surface area contributed by atoms with Gasteiger partial charge in [0.15, 0.2) is 5.41 Å². The predicted molar refractivity (Wildman–Crippen MR) is 86.3 cm³/mol. The fourth-order valence-electron chi connectivity index (χ4n) is 3.57. The van der Waals surface area contributed by atoms with Crippen LogP contribution in [-0.2, 0) is 4.79 Å². The van der Waals surface area contributed by atoms with Gasteiger partial charge in [-0.15, -0.1) is 0 Å². The Bertz CT molecular complexity index is 716. The highest BCUT2D eigenvalue weighted by Gasteiger charge is 2.52. The fraction of sp³-hybridized carbons (Fsp3) is 0.250. The van der Waals surface area contributed by atoms with Crippen LogP contribution in [0.4, 0.5) is 0 Å². The molecule has 1 saturated carbocycles. The third-order valence-electron chi connectivity index (χ3n) is 4.74. The van der Waals surface area contributed by atoms with Crippen molar-refractivity contribution in [1.82, 2.24) is 0 Å². The Labute approximate surface area is 135 Å². The van der Waals surface area contributed by atoms with Crippen LogP contribution in [0, 0.1) is 28.1 Å². The summed E-state index contributed by atoms with van der Waals surface area (Å²) in [6.45, 7) is 0. The maximum atomic E-state index is 12.3. The van der Waals surface area contributed by atoms with Gasteiger partial charge in [-0.3, -0.25) is 4.79 Å². The van der Waals surface area contributed by atoms with Crippen LogP contribution in [0.2, 0.25) is 0 Å². The lowest BCUT2D eigenvalue weighted by atomic mass is 9.57. The number of nitriles is 2. The molecule has 0 saturated heterocycles. The van der Waals surface area contributed by atoms with Gasteiger partial charge < -0.3 is 0 Å². The van der Waals surface area contributed by atoms with Gasteiger partial charge in [0.25, 0.3) is 0 Å². The average Bonchev–Trinajstić information content (AvgIpc) is 2.63. The zero-order chi connectivity index (χ0) is 16.3. The molecule has 0 spiro atoms. The molecule has 2 unspecified atom stereocenters. The van der Waals surface area contributed by atoms with E-state index >= 15 is 0 Å². The Morgan fingerprint density at radius 3 is 1.52 bits per heavy atom. The summed E-state index contributed by atoms with van der Waals surface area (Å²) in [5.41, 5.74) is 0.533. The lowest BCUT2D eigenvalue weighted by molar-refractivity contribution is -0.122. The SMILES string of the molecule is N#CC1(C#N)C(c2ccccc2)CC(=O)CC1c1ccccc1. The lowest BCUT2D eigenvalue weighted by Crippen LogP contribution is -2.39. The van der Waals surface area contributed by atoms with Crippen LogP contribution in [0.5, 0.6) is 0 Å². The van der Waals surface area contributed by atoms with E-state index in [1.54, 1.807) is 0 Å². The highest BCUT2D eigenvalue weighted by Crippen LogP contribution is 2.53. The maximum Gasteiger partial charge on any atom is 0.158 e. The zero-order valence-electron chi connectivity index (χ0n) is 12.6. The summed E-state index contributed by atoms with van der Waals surface area (Å²) < 4.78 is 0. The molecule has 0 aliphatic heterocycles. The van der Waals surface area contributed by atoms with E-state index in [9.17, 15) is 15.3 Å². The molecule has 1 aliphatic carbocycles. The Morgan fingerprint density at radius 2 is 1.17 bits per heavy atom. The second kappa shape index (κ2) is 6.07. The van der Waals surface area contributed by atoms with Crippen LogP contribution in [0.1, 0.15) is 35.8 Å². The molecule has 23 heavy (non-hydrogen) atoms. The molecule has 1 fully saturated rings. The summed E-state index contributed by atoms with van der Waals surface area (Å²) in [4.78, 5) is 12.3. The fourth-order valence-corrected chi connectivity index (χ4v) is 3.57. The summed E-state index contributed by atoms with van der Waals surface area (Å²) in [5, 5.41) is 19.8. The van der Waals surface area contributed by atoms with E-state index in [0.717, 1.165) is 11.1 Å². The van der Waals surface area contributed by atoms with Gasteiger partial charge >= 0.3 is 0 Å². The second-order valence-corrected chi connectivity index (χ2v) is 5.97. The molecule has 3 heteroatoms. The smallest absolute Gasteiger partial charge is 0.158 e. The van der Waals surface area contributed by atoms with Gasteiger partial charge in [-0.25, -0.2) is 0 Å². The molecule has 3 nitrogen and oxygen atoms in total. The van der Waals surface area contributed by atoms with Crippen molar-refractivity contribution in [3.63, 3.8) is 0 Å². The first-order valence-corrected chi connectivity index (χ1v) is 7.65. The zero-order valence-corrected chi connectivity index (χ0v) is 12.6. The molecule has 2 atom stereocenters. The molecule has 2 aromatic rings. The van der Waals surface area contributed by atoms with Gasteiger partial charge in [0.05, 0.1) is 12.1 Å². The van der Waals surface area contributed by atoms with Crippen LogP contribution in [-0.4, -0.2) is 5.78 Å². The summed E-state index contributed by atoms with van der Waals surface area (Å²) in [6.07, 6.45) is 0.489. The molecule has 0 N–H and O–H groups in total. The number of Topliss-reactive ketones (excluding diaryl/α,β-unsaturated/α-hetero) is 1. The molecule has 3 rings (SSSR count). The van der Waals surface area contributed by atoms with Crippen molar-refractivity contribution in [3.05, 3.63) is 71.8 Å². The van der Waals surface area contributed by atoms with Gasteiger partial charge in [0.1, 0.15) is 5.78 Å². The van der Waals surface area contributed by atoms with Crippen LogP contribution >= 0.6 is 0 Å². The molecule has 112 valence electrons. The van der Waals surface area contributed by atoms with Crippen molar-refractivity contribution in [2.75, 3.05) is 0 Å². The van der Waals surface area contributed by atoms with Crippen molar-refractivity contribution in [2.24, 2.45) is 5.41 Å². The Morgan fingerprint density at radius 1 is 0.783 bits per heavy atom. The Kier molecular flexibility index (Phi) is 3.96. The monoisotopic (exact) mass is 300 g/mol. The highest BCUT2D eigenvalue weighted by atomic mass is 16.1. The summed E-state index contributed by atoms with van der Waals surface area (Å²) in [5.74, 6) is -0.691. The summed E-state index contributed by atoms with van der Waals surface area (Å²) in [6, 6.07) is 23.4. The van der Waals surface area contributed by atoms with Gasteiger partial charge in [-0.1, -0.05) is 60.7 Å². The quantitative estimate of drug-likeness (QED) is 0.843. The number of nitrogens with zero attached hydrogens (tertiary/aromatic N) is 2. The third-order valence-corrected chi connectivity index (χ3v) is 4.74. The second-order valence-electron chi connectivity index (χ2n) is 5.97. The van der Waals surface area contributed by atoms with Crippen molar-refractivity contribution >= 4 is 5.78 Å². The van der Waals surface area contributed by atoms with E-state index in [2.05, 4.69) is 12.1 Å². The van der Waals surface area contributed by atoms with E-state index in [0.29, 0.717) is 0 Å². The number of benzene rings is 2. The van der Waals surface area contributed by atoms with Crippen molar-refractivity contribution in [2.45, 2.75) is 24.7 Å². The molecular weight excluding hydrogens is 284 g/mol. The van der Waals surface area contributed by atoms with Gasteiger partial charge in [-0.05, 0) is 11.1 Å². The summed E-state index contributed by atoms with van der Waals surface area (Å²) in [7, 11) is 0. The van der Waals surface area contributed by atoms with E-state index in [1.165, 1.54) is 0 Å². The molecular formula is C20H16N2O. The van der Waals surface area contributed by atoms with E-state index in [-0.39, 0.29) is 18.6 Å². The first-order chi connectivity index (χ1) is 11.2. The number of hydrogen-bond acceptors (Lipinski definition) is 3. The minimum atomic E-state index is -1.23. The minimum absolute atomic E-state index is 0.105. The van der Waals surface area contributed by atoms with Crippen molar-refractivity contribution < 1.29 is 4.79 Å². The average molecular weight is 300 g/mol. The van der Waals surface area contributed by atoms with E-state index < -0.39 is 17.3 Å². The molecule has 0 heterocycles. The lowest BCUT2D eigenvalue weighted by Gasteiger charge is -2.40. The van der Waals surface area contributed by atoms with E-state index in [1.807, 2.05) is 60.7 Å². The van der Waals surface area contributed by atoms with Crippen LogP contribution in [0.3, 0.4) is 0 Å². The largest absolute Gasteiger partial charge is 0.300 e. The third kappa shape index (κ3) is 2.51. The number of ketones is 1. The highest BCUT2D eigenvalue weighted by molar-refractivity contribution is 5.82. The Hall–Kier alpha value is -2.91. The number of carbonyl (C=O) groups is 1. The molecule has 0 bridgehead atoms. The van der Waals surface area contributed by atoms with Gasteiger partial charge in [0.2, 0.25) is 0 Å². The van der Waals surface area contributed by atoms with Crippen molar-refractivity contribution in [1.29, 1.82) is 10.5 Å². The molecule has 0 radical (unpaired) electrons. The molecule has 0 amide bonds. The first kappa shape index (κ1) is 15.0. The first-order valence-electron chi connectivity index (χ1n) is 7.65. The van der Waals surface area contributed by atoms with Gasteiger partial charge in [0, 0.05) is 24.7 Å². The number of carbonyl (C=O) groups excluding carboxylic acids is 1. The number of rotatable bonds is 2. The molecule has 1 aliphatic rings. The van der Waals surface area contributed by atoms with Crippen LogP contribution in [0.15, 0.2) is 60.7 Å². The predicted octanol–water partition coefficient (Wildman–Crippen LogP) is 3.95. The molecule has 0 aromatic heterocycles. The normalized spacial score (nSPS) is 22.8. The standard InChI is InChI=1S/C20H16N2O/c21-13-20(14-22)18(15-7-3-1-4-8-15)11-17(23)12-19(20)16-9-5-2-6-10-16/h1-10,18-19H,11-12H2. The maximum absolute atomic E-state index is 12.3. The summed E-state index contributed by atoms with van der Waals surface area (Å²) >= 11 is 0. The van der Waals surface area contributed by atoms with Crippen LogP contribution in [0.25, 0.3) is 0 Å². The number of hydrogen-bond donors (Lipinski definition) is 0. The van der Waals surface area contributed by atoms with Gasteiger partial charge in [-0.2, -0.15) is 10.5 Å². The molecule has 2 aromatic carbocycles. The van der Waals surface area contributed by atoms with Crippen molar-refractivity contribution in [3.8, 4) is 12.1 Å². The Balaban J connectivity index is 2.15. The topological polar surface area (TPSA) is 64.7 Å². The van der Waals surface area contributed by atoms with E-state index in [4.69, 9.17) is 0 Å².